The summed E-state index contributed by atoms with van der Waals surface area (Å²) in [5.41, 5.74) is 2.27. The summed E-state index contributed by atoms with van der Waals surface area (Å²) in [6.07, 6.45) is 0. The van der Waals surface area contributed by atoms with Crippen LogP contribution in [0.2, 0.25) is 0 Å². The SMILES string of the molecule is COCC(NC(=O)CSc1ccc(C)cc1C)C(=O)O. The molecule has 5 nitrogen and oxygen atoms in total. The summed E-state index contributed by atoms with van der Waals surface area (Å²) in [5.74, 6) is -1.24. The van der Waals surface area contributed by atoms with Crippen LogP contribution in [0.25, 0.3) is 0 Å². The molecule has 0 bridgehead atoms. The Balaban J connectivity index is 2.52. The normalized spacial score (nSPS) is 11.9. The second-order valence-corrected chi connectivity index (χ2v) is 5.49. The van der Waals surface area contributed by atoms with Gasteiger partial charge in [0.1, 0.15) is 0 Å². The van der Waals surface area contributed by atoms with Gasteiger partial charge in [-0.2, -0.15) is 0 Å². The summed E-state index contributed by atoms with van der Waals surface area (Å²) in [4.78, 5) is 23.6. The van der Waals surface area contributed by atoms with Crippen LogP contribution in [-0.4, -0.2) is 42.5 Å². The minimum absolute atomic E-state index is 0.0463. The topological polar surface area (TPSA) is 75.6 Å². The highest BCUT2D eigenvalue weighted by Gasteiger charge is 2.19. The van der Waals surface area contributed by atoms with E-state index in [2.05, 4.69) is 5.32 Å². The van der Waals surface area contributed by atoms with E-state index < -0.39 is 12.0 Å². The average Bonchev–Trinajstić information content (AvgIpc) is 2.37. The van der Waals surface area contributed by atoms with Crippen LogP contribution < -0.4 is 5.32 Å². The van der Waals surface area contributed by atoms with Gasteiger partial charge in [-0.3, -0.25) is 4.79 Å². The van der Waals surface area contributed by atoms with E-state index in [1.54, 1.807) is 0 Å². The lowest BCUT2D eigenvalue weighted by molar-refractivity contribution is -0.142. The summed E-state index contributed by atoms with van der Waals surface area (Å²) >= 11 is 1.39. The third-order valence-electron chi connectivity index (χ3n) is 2.66. The number of amides is 1. The number of methoxy groups -OCH3 is 1. The number of carbonyl (C=O) groups is 2. The highest BCUT2D eigenvalue weighted by molar-refractivity contribution is 8.00. The van der Waals surface area contributed by atoms with Crippen molar-refractivity contribution < 1.29 is 19.4 Å². The maximum atomic E-state index is 11.7. The van der Waals surface area contributed by atoms with Gasteiger partial charge in [-0.05, 0) is 25.5 Å². The molecular formula is C14H19NO4S. The van der Waals surface area contributed by atoms with Crippen LogP contribution >= 0.6 is 11.8 Å². The number of carboxylic acids is 1. The van der Waals surface area contributed by atoms with Crippen molar-refractivity contribution in [3.05, 3.63) is 29.3 Å². The first kappa shape index (κ1) is 16.5. The van der Waals surface area contributed by atoms with E-state index in [0.29, 0.717) is 0 Å². The first-order chi connectivity index (χ1) is 9.43. The molecule has 0 saturated heterocycles. The Morgan fingerprint density at radius 1 is 1.40 bits per heavy atom. The van der Waals surface area contributed by atoms with Crippen molar-refractivity contribution in [1.29, 1.82) is 0 Å². The number of ether oxygens (including phenoxy) is 1. The fraction of sp³-hybridized carbons (Fsp3) is 0.429. The summed E-state index contributed by atoms with van der Waals surface area (Å²) in [6.45, 7) is 3.95. The molecule has 0 aliphatic carbocycles. The maximum Gasteiger partial charge on any atom is 0.328 e. The standard InChI is InChI=1S/C14H19NO4S/c1-9-4-5-12(10(2)6-9)20-8-13(16)15-11(7-19-3)14(17)18/h4-6,11H,7-8H2,1-3H3,(H,15,16)(H,17,18). The van der Waals surface area contributed by atoms with Crippen LogP contribution in [0.1, 0.15) is 11.1 Å². The van der Waals surface area contributed by atoms with Crippen LogP contribution in [0.4, 0.5) is 0 Å². The Morgan fingerprint density at radius 2 is 2.10 bits per heavy atom. The Labute approximate surface area is 122 Å². The number of carbonyl (C=O) groups excluding carboxylic acids is 1. The Kier molecular flexibility index (Phi) is 6.54. The van der Waals surface area contributed by atoms with Gasteiger partial charge in [0.05, 0.1) is 12.4 Å². The zero-order valence-electron chi connectivity index (χ0n) is 11.8. The number of hydrogen-bond acceptors (Lipinski definition) is 4. The number of rotatable bonds is 7. The van der Waals surface area contributed by atoms with Gasteiger partial charge < -0.3 is 15.2 Å². The molecule has 0 aromatic heterocycles. The number of benzene rings is 1. The molecule has 1 amide bonds. The summed E-state index contributed by atoms with van der Waals surface area (Å²) in [7, 11) is 1.40. The molecule has 0 radical (unpaired) electrons. The van der Waals surface area contributed by atoms with Gasteiger partial charge >= 0.3 is 5.97 Å². The number of thioether (sulfide) groups is 1. The van der Waals surface area contributed by atoms with Gasteiger partial charge in [0.15, 0.2) is 6.04 Å². The van der Waals surface area contributed by atoms with Crippen molar-refractivity contribution >= 4 is 23.6 Å². The van der Waals surface area contributed by atoms with Crippen LogP contribution in [0.5, 0.6) is 0 Å². The summed E-state index contributed by atoms with van der Waals surface area (Å²) in [5, 5.41) is 11.3. The molecule has 1 aromatic carbocycles. The third-order valence-corrected chi connectivity index (χ3v) is 3.83. The minimum Gasteiger partial charge on any atom is -0.480 e. The fourth-order valence-corrected chi connectivity index (χ4v) is 2.50. The van der Waals surface area contributed by atoms with Gasteiger partial charge in [0, 0.05) is 12.0 Å². The van der Waals surface area contributed by atoms with E-state index >= 15 is 0 Å². The first-order valence-electron chi connectivity index (χ1n) is 6.15. The van der Waals surface area contributed by atoms with Crippen molar-refractivity contribution in [2.75, 3.05) is 19.5 Å². The second-order valence-electron chi connectivity index (χ2n) is 4.47. The van der Waals surface area contributed by atoms with E-state index in [1.807, 2.05) is 32.0 Å². The Bertz CT molecular complexity index is 490. The van der Waals surface area contributed by atoms with E-state index in [-0.39, 0.29) is 18.3 Å². The smallest absolute Gasteiger partial charge is 0.328 e. The molecule has 1 aromatic rings. The van der Waals surface area contributed by atoms with Crippen LogP contribution in [0.3, 0.4) is 0 Å². The summed E-state index contributed by atoms with van der Waals surface area (Å²) in [6, 6.07) is 4.99. The molecule has 1 unspecified atom stereocenters. The van der Waals surface area contributed by atoms with Crippen molar-refractivity contribution in [2.24, 2.45) is 0 Å². The molecular weight excluding hydrogens is 278 g/mol. The maximum absolute atomic E-state index is 11.7. The molecule has 0 aliphatic rings. The Morgan fingerprint density at radius 3 is 2.65 bits per heavy atom. The van der Waals surface area contributed by atoms with Gasteiger partial charge in [0.2, 0.25) is 5.91 Å². The number of aryl methyl sites for hydroxylation is 2. The molecule has 6 heteroatoms. The molecule has 0 saturated carbocycles. The van der Waals surface area contributed by atoms with Crippen molar-refractivity contribution in [2.45, 2.75) is 24.8 Å². The largest absolute Gasteiger partial charge is 0.480 e. The van der Waals surface area contributed by atoms with Crippen LogP contribution in [-0.2, 0) is 14.3 Å². The minimum atomic E-state index is -1.10. The second kappa shape index (κ2) is 7.91. The predicted molar refractivity (Wildman–Crippen MR) is 78.1 cm³/mol. The number of aliphatic carboxylic acids is 1. The lowest BCUT2D eigenvalue weighted by Crippen LogP contribution is -2.44. The lowest BCUT2D eigenvalue weighted by Gasteiger charge is -2.13. The highest BCUT2D eigenvalue weighted by atomic mass is 32.2. The highest BCUT2D eigenvalue weighted by Crippen LogP contribution is 2.22. The molecule has 0 heterocycles. The lowest BCUT2D eigenvalue weighted by atomic mass is 10.2. The van der Waals surface area contributed by atoms with Crippen LogP contribution in [0.15, 0.2) is 23.1 Å². The molecule has 20 heavy (non-hydrogen) atoms. The Hall–Kier alpha value is -1.53. The van der Waals surface area contributed by atoms with Gasteiger partial charge in [-0.15, -0.1) is 11.8 Å². The first-order valence-corrected chi connectivity index (χ1v) is 7.13. The van der Waals surface area contributed by atoms with E-state index in [1.165, 1.54) is 24.4 Å². The molecule has 0 fully saturated rings. The zero-order valence-corrected chi connectivity index (χ0v) is 12.6. The number of nitrogens with one attached hydrogen (secondary N) is 1. The fourth-order valence-electron chi connectivity index (χ4n) is 1.68. The molecule has 1 atom stereocenters. The molecule has 1 rings (SSSR count). The van der Waals surface area contributed by atoms with E-state index in [9.17, 15) is 9.59 Å². The quantitative estimate of drug-likeness (QED) is 0.748. The van der Waals surface area contributed by atoms with Crippen molar-refractivity contribution in [1.82, 2.24) is 5.32 Å². The van der Waals surface area contributed by atoms with Crippen molar-refractivity contribution in [3.8, 4) is 0 Å². The number of hydrogen-bond donors (Lipinski definition) is 2. The van der Waals surface area contributed by atoms with Gasteiger partial charge in [-0.25, -0.2) is 4.79 Å². The average molecular weight is 297 g/mol. The zero-order chi connectivity index (χ0) is 15.1. The summed E-state index contributed by atoms with van der Waals surface area (Å²) < 4.78 is 4.76. The van der Waals surface area contributed by atoms with Gasteiger partial charge in [0.25, 0.3) is 0 Å². The van der Waals surface area contributed by atoms with Crippen molar-refractivity contribution in [3.63, 3.8) is 0 Å². The molecule has 110 valence electrons. The third kappa shape index (κ3) is 5.22. The van der Waals surface area contributed by atoms with E-state index in [4.69, 9.17) is 9.84 Å². The predicted octanol–water partition coefficient (Wildman–Crippen LogP) is 1.61. The van der Waals surface area contributed by atoms with Crippen LogP contribution in [0, 0.1) is 13.8 Å². The molecule has 0 aliphatic heterocycles. The van der Waals surface area contributed by atoms with E-state index in [0.717, 1.165) is 10.5 Å². The van der Waals surface area contributed by atoms with Gasteiger partial charge in [-0.1, -0.05) is 17.7 Å². The number of carboxylic acid groups (broad SMARTS) is 1. The molecule has 0 spiro atoms. The molecule has 2 N–H and O–H groups in total. The monoisotopic (exact) mass is 297 g/mol.